The predicted octanol–water partition coefficient (Wildman–Crippen LogP) is 3.81. The predicted molar refractivity (Wildman–Crippen MR) is 73.5 cm³/mol. The van der Waals surface area contributed by atoms with Gasteiger partial charge >= 0.3 is 0 Å². The van der Waals surface area contributed by atoms with Crippen molar-refractivity contribution < 1.29 is 9.13 Å². The molecule has 0 amide bonds. The largest absolute Gasteiger partial charge is 0.490 e. The molecule has 0 radical (unpaired) electrons. The van der Waals surface area contributed by atoms with Gasteiger partial charge in [-0.25, -0.2) is 4.39 Å². The average molecular weight is 267 g/mol. The van der Waals surface area contributed by atoms with Crippen molar-refractivity contribution >= 4 is 12.6 Å². The van der Waals surface area contributed by atoms with Gasteiger partial charge in [-0.1, -0.05) is 13.8 Å². The quantitative estimate of drug-likeness (QED) is 0.795. The van der Waals surface area contributed by atoms with E-state index in [-0.39, 0.29) is 11.2 Å². The highest BCUT2D eigenvalue weighted by atomic mass is 32.1. The Morgan fingerprint density at radius 2 is 2.06 bits per heavy atom. The summed E-state index contributed by atoms with van der Waals surface area (Å²) in [6.45, 7) is 4.60. The Balaban J connectivity index is 2.77. The fraction of sp³-hybridized carbons (Fsp3) is 0.500. The van der Waals surface area contributed by atoms with Gasteiger partial charge in [0.25, 0.3) is 0 Å². The smallest absolute Gasteiger partial charge is 0.166 e. The molecule has 0 unspecified atom stereocenters. The van der Waals surface area contributed by atoms with E-state index in [4.69, 9.17) is 10.00 Å². The molecule has 0 aliphatic rings. The van der Waals surface area contributed by atoms with E-state index >= 15 is 0 Å². The van der Waals surface area contributed by atoms with Gasteiger partial charge < -0.3 is 4.74 Å². The van der Waals surface area contributed by atoms with Crippen LogP contribution in [0.4, 0.5) is 4.39 Å². The van der Waals surface area contributed by atoms with Crippen LogP contribution in [0.3, 0.4) is 0 Å². The van der Waals surface area contributed by atoms with Crippen molar-refractivity contribution in [1.29, 1.82) is 5.26 Å². The van der Waals surface area contributed by atoms with E-state index in [0.29, 0.717) is 17.9 Å². The van der Waals surface area contributed by atoms with Crippen molar-refractivity contribution in [3.63, 3.8) is 0 Å². The zero-order chi connectivity index (χ0) is 13.6. The molecule has 0 saturated carbocycles. The van der Waals surface area contributed by atoms with E-state index in [0.717, 1.165) is 12.8 Å². The Kier molecular flexibility index (Phi) is 5.49. The van der Waals surface area contributed by atoms with Crippen LogP contribution in [0.15, 0.2) is 18.2 Å². The number of benzene rings is 1. The molecular weight excluding hydrogens is 249 g/mol. The zero-order valence-corrected chi connectivity index (χ0v) is 11.6. The first-order chi connectivity index (χ1) is 8.60. The molecule has 1 rings (SSSR count). The van der Waals surface area contributed by atoms with E-state index < -0.39 is 5.82 Å². The van der Waals surface area contributed by atoms with Crippen LogP contribution >= 0.6 is 12.6 Å². The third-order valence-electron chi connectivity index (χ3n) is 3.43. The van der Waals surface area contributed by atoms with Gasteiger partial charge in [0, 0.05) is 5.41 Å². The molecule has 0 bridgehead atoms. The molecule has 4 heteroatoms. The summed E-state index contributed by atoms with van der Waals surface area (Å²) >= 11 is 4.35. The summed E-state index contributed by atoms with van der Waals surface area (Å²) in [6.07, 6.45) is 1.87. The highest BCUT2D eigenvalue weighted by Gasteiger charge is 2.25. The standard InChI is InChI=1S/C14H18FNOS/c1-3-14(4-2,10-18)9-17-13-6-5-11(8-16)7-12(13)15/h5-7,18H,3-4,9-10H2,1-2H3. The maximum Gasteiger partial charge on any atom is 0.166 e. The summed E-state index contributed by atoms with van der Waals surface area (Å²) < 4.78 is 19.2. The third kappa shape index (κ3) is 3.39. The van der Waals surface area contributed by atoms with Gasteiger partial charge in [-0.15, -0.1) is 0 Å². The Labute approximate surface area is 113 Å². The Bertz CT molecular complexity index is 430. The molecule has 0 N–H and O–H groups in total. The fourth-order valence-electron chi connectivity index (χ4n) is 1.64. The van der Waals surface area contributed by atoms with Gasteiger partial charge in [0.15, 0.2) is 11.6 Å². The number of nitrogens with zero attached hydrogens (tertiary/aromatic N) is 1. The van der Waals surface area contributed by atoms with Crippen LogP contribution < -0.4 is 4.74 Å². The number of halogens is 1. The number of hydrogen-bond acceptors (Lipinski definition) is 3. The van der Waals surface area contributed by atoms with Crippen molar-refractivity contribution in [2.75, 3.05) is 12.4 Å². The van der Waals surface area contributed by atoms with Crippen molar-refractivity contribution in [3.8, 4) is 11.8 Å². The second-order valence-corrected chi connectivity index (χ2v) is 4.73. The summed E-state index contributed by atoms with van der Waals surface area (Å²) in [7, 11) is 0. The van der Waals surface area contributed by atoms with Crippen LogP contribution in [-0.4, -0.2) is 12.4 Å². The number of hydrogen-bond donors (Lipinski definition) is 1. The Morgan fingerprint density at radius 1 is 1.39 bits per heavy atom. The zero-order valence-electron chi connectivity index (χ0n) is 10.7. The van der Waals surface area contributed by atoms with E-state index in [9.17, 15) is 4.39 Å². The maximum atomic E-state index is 13.6. The molecule has 0 aromatic heterocycles. The van der Waals surface area contributed by atoms with Gasteiger partial charge in [0.05, 0.1) is 18.2 Å². The fourth-order valence-corrected chi connectivity index (χ4v) is 2.18. The van der Waals surface area contributed by atoms with Gasteiger partial charge in [0.2, 0.25) is 0 Å². The summed E-state index contributed by atoms with van der Waals surface area (Å²) in [5.41, 5.74) is 0.273. The lowest BCUT2D eigenvalue weighted by Gasteiger charge is -2.29. The minimum Gasteiger partial charge on any atom is -0.490 e. The van der Waals surface area contributed by atoms with Gasteiger partial charge in [0.1, 0.15) is 0 Å². The molecule has 0 fully saturated rings. The first-order valence-electron chi connectivity index (χ1n) is 6.04. The van der Waals surface area contributed by atoms with E-state index in [1.807, 2.05) is 6.07 Å². The highest BCUT2D eigenvalue weighted by molar-refractivity contribution is 7.80. The van der Waals surface area contributed by atoms with Crippen molar-refractivity contribution in [3.05, 3.63) is 29.6 Å². The summed E-state index contributed by atoms with van der Waals surface area (Å²) in [5, 5.41) is 8.66. The highest BCUT2D eigenvalue weighted by Crippen LogP contribution is 2.29. The lowest BCUT2D eigenvalue weighted by atomic mass is 9.85. The third-order valence-corrected chi connectivity index (χ3v) is 4.10. The van der Waals surface area contributed by atoms with Crippen LogP contribution in [-0.2, 0) is 0 Å². The monoisotopic (exact) mass is 267 g/mol. The molecule has 2 nitrogen and oxygen atoms in total. The summed E-state index contributed by atoms with van der Waals surface area (Å²) in [5.74, 6) is 0.411. The summed E-state index contributed by atoms with van der Waals surface area (Å²) in [6, 6.07) is 6.14. The minimum absolute atomic E-state index is 0.0244. The minimum atomic E-state index is -0.491. The molecule has 1 aromatic carbocycles. The molecule has 1 aromatic rings. The second kappa shape index (κ2) is 6.65. The van der Waals surface area contributed by atoms with Crippen molar-refractivity contribution in [1.82, 2.24) is 0 Å². The molecule has 0 spiro atoms. The molecule has 0 aliphatic carbocycles. The molecule has 0 heterocycles. The molecule has 18 heavy (non-hydrogen) atoms. The van der Waals surface area contributed by atoms with Crippen LogP contribution in [0.25, 0.3) is 0 Å². The number of nitriles is 1. The molecule has 0 atom stereocenters. The molecular formula is C14H18FNOS. The van der Waals surface area contributed by atoms with Gasteiger partial charge in [-0.2, -0.15) is 17.9 Å². The first kappa shape index (κ1) is 14.8. The molecule has 98 valence electrons. The van der Waals surface area contributed by atoms with Gasteiger partial charge in [-0.05, 0) is 36.8 Å². The van der Waals surface area contributed by atoms with Crippen molar-refractivity contribution in [2.24, 2.45) is 5.41 Å². The lowest BCUT2D eigenvalue weighted by molar-refractivity contribution is 0.152. The molecule has 0 aliphatic heterocycles. The first-order valence-corrected chi connectivity index (χ1v) is 6.67. The number of thiol groups is 1. The number of ether oxygens (including phenoxy) is 1. The maximum absolute atomic E-state index is 13.6. The van der Waals surface area contributed by atoms with Gasteiger partial charge in [-0.3, -0.25) is 0 Å². The van der Waals surface area contributed by atoms with Crippen LogP contribution in [0.5, 0.6) is 5.75 Å². The SMILES string of the molecule is CCC(CC)(CS)COc1ccc(C#N)cc1F. The number of rotatable bonds is 6. The average Bonchev–Trinajstić information content (AvgIpc) is 2.42. The van der Waals surface area contributed by atoms with Crippen molar-refractivity contribution in [2.45, 2.75) is 26.7 Å². The van der Waals surface area contributed by atoms with Crippen LogP contribution in [0, 0.1) is 22.6 Å². The van der Waals surface area contributed by atoms with E-state index in [1.165, 1.54) is 12.1 Å². The Hall–Kier alpha value is -1.21. The van der Waals surface area contributed by atoms with E-state index in [2.05, 4.69) is 26.5 Å². The van der Waals surface area contributed by atoms with E-state index in [1.54, 1.807) is 6.07 Å². The second-order valence-electron chi connectivity index (χ2n) is 4.41. The van der Waals surface area contributed by atoms with Crippen LogP contribution in [0.1, 0.15) is 32.3 Å². The lowest BCUT2D eigenvalue weighted by Crippen LogP contribution is -2.29. The van der Waals surface area contributed by atoms with Crippen LogP contribution in [0.2, 0.25) is 0 Å². The normalized spacial score (nSPS) is 11.1. The molecule has 0 saturated heterocycles. The summed E-state index contributed by atoms with van der Waals surface area (Å²) in [4.78, 5) is 0. The topological polar surface area (TPSA) is 33.0 Å². The Morgan fingerprint density at radius 3 is 2.50 bits per heavy atom.